The van der Waals surface area contributed by atoms with E-state index in [9.17, 15) is 9.00 Å². The van der Waals surface area contributed by atoms with Crippen LogP contribution >= 0.6 is 0 Å². The average Bonchev–Trinajstić information content (AvgIpc) is 2.11. The summed E-state index contributed by atoms with van der Waals surface area (Å²) in [6.45, 7) is 0.684. The van der Waals surface area contributed by atoms with Crippen molar-refractivity contribution in [2.24, 2.45) is 0 Å². The molecule has 1 saturated heterocycles. The van der Waals surface area contributed by atoms with Crippen LogP contribution in [0.3, 0.4) is 0 Å². The third-order valence-corrected chi connectivity index (χ3v) is 3.22. The van der Waals surface area contributed by atoms with E-state index in [4.69, 9.17) is 0 Å². The number of carbonyl (C=O) groups excluding carboxylic acids is 1. The highest BCUT2D eigenvalue weighted by molar-refractivity contribution is 8.00. The molecule has 0 aromatic carbocycles. The van der Waals surface area contributed by atoms with Gasteiger partial charge in [-0.15, -0.1) is 0 Å². The lowest BCUT2D eigenvalue weighted by atomic mass is 10.4. The first-order chi connectivity index (χ1) is 4.52. The van der Waals surface area contributed by atoms with E-state index in [2.05, 4.69) is 0 Å². The highest BCUT2D eigenvalue weighted by atomic mass is 32.3. The number of nitrogens with zero attached hydrogens (tertiary/aromatic N) is 1. The van der Waals surface area contributed by atoms with Gasteiger partial charge in [-0.05, 0) is 16.5 Å². The van der Waals surface area contributed by atoms with E-state index in [0.29, 0.717) is 13.0 Å². The summed E-state index contributed by atoms with van der Waals surface area (Å²) in [5, 5.41) is 0. The molecule has 60 valence electrons. The molecule has 1 heterocycles. The lowest BCUT2D eigenvalue weighted by molar-refractivity contribution is -0.123. The van der Waals surface area contributed by atoms with Crippen molar-refractivity contribution in [2.45, 2.75) is 12.8 Å². The quantitative estimate of drug-likeness (QED) is 0.544. The molecule has 0 atom stereocenters. The van der Waals surface area contributed by atoms with Crippen LogP contribution in [0.5, 0.6) is 0 Å². The number of hydrogen-bond acceptors (Lipinski definition) is 2. The van der Waals surface area contributed by atoms with Crippen molar-refractivity contribution in [3.05, 3.63) is 0 Å². The second-order valence-electron chi connectivity index (χ2n) is 2.91. The topological polar surface area (TPSA) is 37.4 Å². The molecule has 0 N–H and O–H groups in total. The molecule has 1 rings (SSSR count). The van der Waals surface area contributed by atoms with Crippen LogP contribution in [0.1, 0.15) is 12.8 Å². The zero-order chi connectivity index (χ0) is 7.78. The van der Waals surface area contributed by atoms with Gasteiger partial charge in [-0.3, -0.25) is 13.3 Å². The van der Waals surface area contributed by atoms with E-state index in [1.165, 1.54) is 4.31 Å². The fourth-order valence-electron chi connectivity index (χ4n) is 1.14. The standard InChI is InChI=1S/C6H13NO2S/c1-10(2,9)7-5-3-4-6(7)8/h10H,3-5H2,1-2H3. The first-order valence-electron chi connectivity index (χ1n) is 3.37. The molecule has 3 nitrogen and oxygen atoms in total. The summed E-state index contributed by atoms with van der Waals surface area (Å²) in [4.78, 5) is 11.0. The minimum atomic E-state index is -2.29. The van der Waals surface area contributed by atoms with Gasteiger partial charge in [0.2, 0.25) is 5.91 Å². The van der Waals surface area contributed by atoms with Gasteiger partial charge < -0.3 is 0 Å². The van der Waals surface area contributed by atoms with Gasteiger partial charge in [-0.2, -0.15) is 0 Å². The van der Waals surface area contributed by atoms with Crippen molar-refractivity contribution >= 4 is 16.0 Å². The second kappa shape index (κ2) is 2.34. The molecule has 10 heavy (non-hydrogen) atoms. The Morgan fingerprint density at radius 1 is 1.50 bits per heavy atom. The lowest BCUT2D eigenvalue weighted by Crippen LogP contribution is -2.35. The van der Waals surface area contributed by atoms with Crippen LogP contribution in [-0.4, -0.2) is 33.5 Å². The molecule has 0 aliphatic carbocycles. The lowest BCUT2D eigenvalue weighted by Gasteiger charge is -2.25. The van der Waals surface area contributed by atoms with Crippen LogP contribution in [0, 0.1) is 0 Å². The van der Waals surface area contributed by atoms with Crippen LogP contribution < -0.4 is 0 Å². The largest absolute Gasteiger partial charge is 0.284 e. The van der Waals surface area contributed by atoms with Crippen molar-refractivity contribution in [2.75, 3.05) is 19.1 Å². The Morgan fingerprint density at radius 2 is 2.10 bits per heavy atom. The summed E-state index contributed by atoms with van der Waals surface area (Å²) in [7, 11) is -2.29. The van der Waals surface area contributed by atoms with Gasteiger partial charge >= 0.3 is 0 Å². The molecular formula is C6H13NO2S. The van der Waals surface area contributed by atoms with Crippen LogP contribution in [0.4, 0.5) is 0 Å². The van der Waals surface area contributed by atoms with Crippen molar-refractivity contribution in [3.63, 3.8) is 0 Å². The first kappa shape index (κ1) is 7.72. The normalized spacial score (nSPS) is 21.8. The van der Waals surface area contributed by atoms with E-state index >= 15 is 0 Å². The maximum Gasteiger partial charge on any atom is 0.232 e. The van der Waals surface area contributed by atoms with E-state index in [1.807, 2.05) is 0 Å². The molecule has 0 aromatic heterocycles. The van der Waals surface area contributed by atoms with Gasteiger partial charge in [0.1, 0.15) is 0 Å². The zero-order valence-electron chi connectivity index (χ0n) is 6.33. The average molecular weight is 163 g/mol. The van der Waals surface area contributed by atoms with Crippen molar-refractivity contribution < 1.29 is 9.00 Å². The molecule has 0 spiro atoms. The molecule has 0 aromatic rings. The Morgan fingerprint density at radius 3 is 2.30 bits per heavy atom. The van der Waals surface area contributed by atoms with Crippen molar-refractivity contribution in [1.82, 2.24) is 4.31 Å². The minimum Gasteiger partial charge on any atom is -0.284 e. The van der Waals surface area contributed by atoms with Gasteiger partial charge in [0, 0.05) is 25.5 Å². The summed E-state index contributed by atoms with van der Waals surface area (Å²) >= 11 is 0. The molecule has 1 amide bonds. The second-order valence-corrected chi connectivity index (χ2v) is 5.99. The summed E-state index contributed by atoms with van der Waals surface area (Å²) in [5.41, 5.74) is 0. The highest BCUT2D eigenvalue weighted by Crippen LogP contribution is 2.15. The van der Waals surface area contributed by atoms with Crippen LogP contribution in [-0.2, 0) is 14.9 Å². The van der Waals surface area contributed by atoms with E-state index in [1.54, 1.807) is 12.5 Å². The van der Waals surface area contributed by atoms with Crippen LogP contribution in [0.25, 0.3) is 0 Å². The van der Waals surface area contributed by atoms with Gasteiger partial charge in [-0.1, -0.05) is 0 Å². The third-order valence-electron chi connectivity index (χ3n) is 1.63. The Kier molecular flexibility index (Phi) is 1.81. The van der Waals surface area contributed by atoms with Gasteiger partial charge in [0.15, 0.2) is 0 Å². The molecule has 1 fully saturated rings. The zero-order valence-corrected chi connectivity index (χ0v) is 7.23. The Labute approximate surface area is 62.0 Å². The van der Waals surface area contributed by atoms with Crippen molar-refractivity contribution in [1.29, 1.82) is 0 Å². The first-order valence-corrected chi connectivity index (χ1v) is 5.93. The molecule has 0 unspecified atom stereocenters. The van der Waals surface area contributed by atoms with E-state index < -0.39 is 10.1 Å². The molecule has 4 heteroatoms. The summed E-state index contributed by atoms with van der Waals surface area (Å²) in [5.74, 6) is 0.0494. The number of carbonyl (C=O) groups is 1. The fourth-order valence-corrected chi connectivity index (χ4v) is 2.40. The van der Waals surface area contributed by atoms with Gasteiger partial charge in [0.05, 0.1) is 0 Å². The van der Waals surface area contributed by atoms with Gasteiger partial charge in [-0.25, -0.2) is 0 Å². The van der Waals surface area contributed by atoms with Crippen LogP contribution in [0.2, 0.25) is 0 Å². The van der Waals surface area contributed by atoms with Crippen molar-refractivity contribution in [3.8, 4) is 0 Å². The summed E-state index contributed by atoms with van der Waals surface area (Å²) in [6.07, 6.45) is 4.71. The monoisotopic (exact) mass is 163 g/mol. The smallest absolute Gasteiger partial charge is 0.232 e. The fraction of sp³-hybridized carbons (Fsp3) is 0.833. The Hall–Kier alpha value is -0.380. The SMILES string of the molecule is C[SH](C)(=O)N1CCCC1=O. The Balaban J connectivity index is 2.74. The molecular weight excluding hydrogens is 150 g/mol. The Bertz CT molecular complexity index is 196. The van der Waals surface area contributed by atoms with E-state index in [0.717, 1.165) is 6.42 Å². The number of rotatable bonds is 1. The molecule has 0 bridgehead atoms. The van der Waals surface area contributed by atoms with E-state index in [-0.39, 0.29) is 5.91 Å². The highest BCUT2D eigenvalue weighted by Gasteiger charge is 2.25. The minimum absolute atomic E-state index is 0.0494. The number of amides is 1. The maximum absolute atomic E-state index is 11.3. The molecule has 0 radical (unpaired) electrons. The number of thiol groups is 1. The molecule has 1 aliphatic heterocycles. The maximum atomic E-state index is 11.3. The third kappa shape index (κ3) is 1.37. The van der Waals surface area contributed by atoms with Crippen LogP contribution in [0.15, 0.2) is 0 Å². The predicted octanol–water partition coefficient (Wildman–Crippen LogP) is -0.200. The molecule has 0 saturated carbocycles. The molecule has 1 aliphatic rings. The number of hydrogen-bond donors (Lipinski definition) is 1. The predicted molar refractivity (Wildman–Crippen MR) is 42.3 cm³/mol. The summed E-state index contributed by atoms with van der Waals surface area (Å²) in [6, 6.07) is 0. The summed E-state index contributed by atoms with van der Waals surface area (Å²) < 4.78 is 12.8. The van der Waals surface area contributed by atoms with Gasteiger partial charge in [0.25, 0.3) is 0 Å².